The van der Waals surface area contributed by atoms with Gasteiger partial charge in [-0.25, -0.2) is 0 Å². The first-order valence-electron chi connectivity index (χ1n) is 6.92. The molecular formula is C16H26N2. The first-order valence-corrected chi connectivity index (χ1v) is 6.92. The summed E-state index contributed by atoms with van der Waals surface area (Å²) in [5.41, 5.74) is 4.51. The molecule has 18 heavy (non-hydrogen) atoms. The Kier molecular flexibility index (Phi) is 3.79. The Balaban J connectivity index is 2.35. The van der Waals surface area contributed by atoms with E-state index in [-0.39, 0.29) is 5.41 Å². The molecule has 1 unspecified atom stereocenters. The van der Waals surface area contributed by atoms with Crippen LogP contribution in [0.2, 0.25) is 0 Å². The molecule has 1 aliphatic heterocycles. The Hall–Kier alpha value is -0.860. The lowest BCUT2D eigenvalue weighted by Gasteiger charge is -2.36. The Morgan fingerprint density at radius 1 is 1.28 bits per heavy atom. The quantitative estimate of drug-likeness (QED) is 0.857. The smallest absolute Gasteiger partial charge is 0.0373 e. The summed E-state index contributed by atoms with van der Waals surface area (Å²) in [5.74, 6) is 0.726. The normalized spacial score (nSPS) is 18.5. The molecule has 2 rings (SSSR count). The van der Waals surface area contributed by atoms with Crippen LogP contribution in [0.15, 0.2) is 18.2 Å². The second kappa shape index (κ2) is 5.02. The molecule has 2 nitrogen and oxygen atoms in total. The van der Waals surface area contributed by atoms with Crippen molar-refractivity contribution in [3.05, 3.63) is 34.9 Å². The number of rotatable bonds is 3. The average molecular weight is 246 g/mol. The molecule has 1 fully saturated rings. The van der Waals surface area contributed by atoms with E-state index in [2.05, 4.69) is 63.6 Å². The fourth-order valence-corrected chi connectivity index (χ4v) is 2.63. The van der Waals surface area contributed by atoms with Crippen LogP contribution >= 0.6 is 0 Å². The maximum absolute atomic E-state index is 3.50. The largest absolute Gasteiger partial charge is 0.316 e. The van der Waals surface area contributed by atoms with Gasteiger partial charge in [0.2, 0.25) is 0 Å². The predicted octanol–water partition coefficient (Wildman–Crippen LogP) is 2.77. The van der Waals surface area contributed by atoms with Crippen LogP contribution in [-0.2, 0) is 5.41 Å². The number of hydrogen-bond acceptors (Lipinski definition) is 2. The summed E-state index contributed by atoms with van der Waals surface area (Å²) in [7, 11) is 2.08. The maximum atomic E-state index is 3.50. The molecule has 0 radical (unpaired) electrons. The van der Waals surface area contributed by atoms with Gasteiger partial charge in [-0.2, -0.15) is 0 Å². The van der Waals surface area contributed by atoms with Gasteiger partial charge in [0.25, 0.3) is 0 Å². The molecule has 1 saturated heterocycles. The van der Waals surface area contributed by atoms with Crippen LogP contribution in [0, 0.1) is 12.8 Å². The first-order chi connectivity index (χ1) is 8.43. The lowest BCUT2D eigenvalue weighted by Crippen LogP contribution is -2.48. The third-order valence-corrected chi connectivity index (χ3v) is 4.08. The highest BCUT2D eigenvalue weighted by molar-refractivity contribution is 5.37. The zero-order valence-corrected chi connectivity index (χ0v) is 12.3. The molecule has 0 aliphatic carbocycles. The highest BCUT2D eigenvalue weighted by Crippen LogP contribution is 2.31. The van der Waals surface area contributed by atoms with Crippen molar-refractivity contribution in [1.82, 2.24) is 10.6 Å². The van der Waals surface area contributed by atoms with Crippen LogP contribution in [0.4, 0.5) is 0 Å². The predicted molar refractivity (Wildman–Crippen MR) is 78.0 cm³/mol. The molecule has 1 aromatic carbocycles. The minimum Gasteiger partial charge on any atom is -0.316 e. The van der Waals surface area contributed by atoms with Gasteiger partial charge in [0, 0.05) is 25.0 Å². The van der Waals surface area contributed by atoms with Crippen LogP contribution in [0.3, 0.4) is 0 Å². The van der Waals surface area contributed by atoms with Crippen LogP contribution in [0.1, 0.15) is 43.5 Å². The Bertz CT molecular complexity index is 414. The average Bonchev–Trinajstić information content (AvgIpc) is 2.22. The standard InChI is InChI=1S/C16H26N2/c1-11-6-7-13(16(2,3)4)8-14(11)15(17-5)12-9-18-10-12/h6-8,12,15,17-18H,9-10H2,1-5H3. The van der Waals surface area contributed by atoms with E-state index in [0.29, 0.717) is 6.04 Å². The van der Waals surface area contributed by atoms with E-state index >= 15 is 0 Å². The van der Waals surface area contributed by atoms with Crippen molar-refractivity contribution < 1.29 is 0 Å². The molecule has 1 heterocycles. The Morgan fingerprint density at radius 3 is 2.39 bits per heavy atom. The minimum atomic E-state index is 0.221. The van der Waals surface area contributed by atoms with Gasteiger partial charge in [-0.1, -0.05) is 39.0 Å². The van der Waals surface area contributed by atoms with Crippen LogP contribution in [-0.4, -0.2) is 20.1 Å². The van der Waals surface area contributed by atoms with E-state index in [1.54, 1.807) is 0 Å². The highest BCUT2D eigenvalue weighted by Gasteiger charge is 2.28. The van der Waals surface area contributed by atoms with Gasteiger partial charge < -0.3 is 10.6 Å². The van der Waals surface area contributed by atoms with Crippen molar-refractivity contribution >= 4 is 0 Å². The van der Waals surface area contributed by atoms with Gasteiger partial charge in [0.1, 0.15) is 0 Å². The molecule has 0 amide bonds. The van der Waals surface area contributed by atoms with E-state index in [0.717, 1.165) is 19.0 Å². The first kappa shape index (κ1) is 13.6. The SMILES string of the molecule is CNC(c1cc(C(C)(C)C)ccc1C)C1CNC1. The molecule has 0 bridgehead atoms. The van der Waals surface area contributed by atoms with Gasteiger partial charge in [-0.05, 0) is 36.1 Å². The number of nitrogens with one attached hydrogen (secondary N) is 2. The highest BCUT2D eigenvalue weighted by atomic mass is 15.0. The van der Waals surface area contributed by atoms with Crippen LogP contribution in [0.25, 0.3) is 0 Å². The third-order valence-electron chi connectivity index (χ3n) is 4.08. The van der Waals surface area contributed by atoms with Gasteiger partial charge in [-0.15, -0.1) is 0 Å². The van der Waals surface area contributed by atoms with Gasteiger partial charge >= 0.3 is 0 Å². The van der Waals surface area contributed by atoms with Gasteiger partial charge in [0.05, 0.1) is 0 Å². The molecule has 2 N–H and O–H groups in total. The molecule has 1 aliphatic rings. The van der Waals surface area contributed by atoms with Crippen LogP contribution in [0.5, 0.6) is 0 Å². The second-order valence-electron chi connectivity index (χ2n) is 6.51. The third kappa shape index (κ3) is 2.60. The zero-order chi connectivity index (χ0) is 13.3. The summed E-state index contributed by atoms with van der Waals surface area (Å²) in [6, 6.07) is 7.42. The summed E-state index contributed by atoms with van der Waals surface area (Å²) in [4.78, 5) is 0. The van der Waals surface area contributed by atoms with E-state index in [9.17, 15) is 0 Å². The summed E-state index contributed by atoms with van der Waals surface area (Å²) < 4.78 is 0. The van der Waals surface area contributed by atoms with Gasteiger partial charge in [0.15, 0.2) is 0 Å². The summed E-state index contributed by atoms with van der Waals surface area (Å²) in [6.45, 7) is 11.3. The minimum absolute atomic E-state index is 0.221. The summed E-state index contributed by atoms with van der Waals surface area (Å²) in [6.07, 6.45) is 0. The van der Waals surface area contributed by atoms with Crippen molar-refractivity contribution in [2.24, 2.45) is 5.92 Å². The monoisotopic (exact) mass is 246 g/mol. The summed E-state index contributed by atoms with van der Waals surface area (Å²) >= 11 is 0. The van der Waals surface area contributed by atoms with E-state index in [1.807, 2.05) is 0 Å². The van der Waals surface area contributed by atoms with Crippen LogP contribution < -0.4 is 10.6 Å². The van der Waals surface area contributed by atoms with Gasteiger partial charge in [-0.3, -0.25) is 0 Å². The second-order valence-corrected chi connectivity index (χ2v) is 6.51. The van der Waals surface area contributed by atoms with Crippen molar-refractivity contribution in [2.45, 2.75) is 39.2 Å². The molecule has 1 atom stereocenters. The molecule has 0 aromatic heterocycles. The fraction of sp³-hybridized carbons (Fsp3) is 0.625. The Labute approximate surface area is 111 Å². The zero-order valence-electron chi connectivity index (χ0n) is 12.3. The lowest BCUT2D eigenvalue weighted by atomic mass is 9.81. The van der Waals surface area contributed by atoms with E-state index < -0.39 is 0 Å². The molecule has 100 valence electrons. The Morgan fingerprint density at radius 2 is 1.94 bits per heavy atom. The van der Waals surface area contributed by atoms with E-state index in [4.69, 9.17) is 0 Å². The number of hydrogen-bond donors (Lipinski definition) is 2. The van der Waals surface area contributed by atoms with E-state index in [1.165, 1.54) is 16.7 Å². The lowest BCUT2D eigenvalue weighted by molar-refractivity contribution is 0.267. The summed E-state index contributed by atoms with van der Waals surface area (Å²) in [5, 5.41) is 6.87. The topological polar surface area (TPSA) is 24.1 Å². The van der Waals surface area contributed by atoms with Crippen molar-refractivity contribution in [3.8, 4) is 0 Å². The molecule has 1 aromatic rings. The fourth-order valence-electron chi connectivity index (χ4n) is 2.63. The maximum Gasteiger partial charge on any atom is 0.0373 e. The number of benzene rings is 1. The molecule has 0 saturated carbocycles. The van der Waals surface area contributed by atoms with Crippen molar-refractivity contribution in [1.29, 1.82) is 0 Å². The number of aryl methyl sites for hydroxylation is 1. The van der Waals surface area contributed by atoms with Crippen molar-refractivity contribution in [2.75, 3.05) is 20.1 Å². The molecular weight excluding hydrogens is 220 g/mol. The molecule has 0 spiro atoms. The van der Waals surface area contributed by atoms with Crippen molar-refractivity contribution in [3.63, 3.8) is 0 Å². The molecule has 2 heteroatoms.